The summed E-state index contributed by atoms with van der Waals surface area (Å²) in [6.07, 6.45) is 0. The minimum absolute atomic E-state index is 0.331. The van der Waals surface area contributed by atoms with Crippen molar-refractivity contribution in [3.05, 3.63) is 0 Å². The molecule has 1 unspecified atom stereocenters. The van der Waals surface area contributed by atoms with E-state index in [0.29, 0.717) is 12.5 Å². The van der Waals surface area contributed by atoms with Crippen LogP contribution in [0.2, 0.25) is 0 Å². The van der Waals surface area contributed by atoms with Gasteiger partial charge in [-0.15, -0.1) is 11.6 Å². The predicted octanol–water partition coefficient (Wildman–Crippen LogP) is 1.11. The second kappa shape index (κ2) is 5.73. The van der Waals surface area contributed by atoms with Gasteiger partial charge in [-0.25, -0.2) is 0 Å². The van der Waals surface area contributed by atoms with Crippen LogP contribution in [0.25, 0.3) is 0 Å². The van der Waals surface area contributed by atoms with Crippen LogP contribution in [0.3, 0.4) is 0 Å². The quantitative estimate of drug-likeness (QED) is 0.492. The number of rotatable bonds is 4. The highest BCUT2D eigenvalue weighted by atomic mass is 35.5. The van der Waals surface area contributed by atoms with Crippen molar-refractivity contribution in [3.63, 3.8) is 0 Å². The van der Waals surface area contributed by atoms with E-state index < -0.39 is 8.60 Å². The van der Waals surface area contributed by atoms with E-state index in [1.807, 2.05) is 0 Å². The largest absolute Gasteiger partial charge is 0.329 e. The van der Waals surface area contributed by atoms with Crippen LogP contribution in [0.4, 0.5) is 0 Å². The summed E-state index contributed by atoms with van der Waals surface area (Å²) in [6, 6.07) is 0. The SMILES string of the molecule is COP(O)OCCCl. The molecule has 0 radical (unpaired) electrons. The first-order chi connectivity index (χ1) is 3.81. The lowest BCUT2D eigenvalue weighted by Gasteiger charge is -2.03. The average molecular weight is 159 g/mol. The summed E-state index contributed by atoms with van der Waals surface area (Å²) in [6.45, 7) is 0.331. The van der Waals surface area contributed by atoms with Crippen LogP contribution in [0.1, 0.15) is 0 Å². The highest BCUT2D eigenvalue weighted by Crippen LogP contribution is 2.30. The zero-order valence-electron chi connectivity index (χ0n) is 4.50. The van der Waals surface area contributed by atoms with Crippen molar-refractivity contribution in [2.45, 2.75) is 0 Å². The van der Waals surface area contributed by atoms with Gasteiger partial charge >= 0.3 is 8.60 Å². The third-order valence-corrected chi connectivity index (χ3v) is 1.31. The Morgan fingerprint density at radius 2 is 2.38 bits per heavy atom. The molecule has 1 N–H and O–H groups in total. The standard InChI is InChI=1S/C3H8ClO3P/c1-6-8(5)7-3-2-4/h5H,2-3H2,1H3. The number of hydrogen-bond acceptors (Lipinski definition) is 3. The normalized spacial score (nSPS) is 13.9. The Balaban J connectivity index is 2.86. The third kappa shape index (κ3) is 4.75. The maximum absolute atomic E-state index is 8.55. The molecule has 50 valence electrons. The Kier molecular flexibility index (Phi) is 6.16. The summed E-state index contributed by atoms with van der Waals surface area (Å²) < 4.78 is 9.00. The predicted molar refractivity (Wildman–Crippen MR) is 32.8 cm³/mol. The van der Waals surface area contributed by atoms with Gasteiger partial charge in [-0.05, 0) is 0 Å². The maximum atomic E-state index is 8.55. The monoisotopic (exact) mass is 158 g/mol. The first kappa shape index (κ1) is 8.60. The Hall–Kier alpha value is 0.600. The average Bonchev–Trinajstić information content (AvgIpc) is 1.83. The molecular weight excluding hydrogens is 150 g/mol. The van der Waals surface area contributed by atoms with Gasteiger partial charge in [0.25, 0.3) is 0 Å². The third-order valence-electron chi connectivity index (χ3n) is 0.435. The zero-order valence-corrected chi connectivity index (χ0v) is 6.15. The minimum Gasteiger partial charge on any atom is -0.328 e. The van der Waals surface area contributed by atoms with Gasteiger partial charge in [-0.1, -0.05) is 0 Å². The molecule has 0 aromatic carbocycles. The number of alkyl halides is 1. The summed E-state index contributed by atoms with van der Waals surface area (Å²) in [5.74, 6) is 0.378. The van der Waals surface area contributed by atoms with E-state index in [1.165, 1.54) is 7.11 Å². The molecular formula is C3H8ClO3P. The van der Waals surface area contributed by atoms with E-state index in [0.717, 1.165) is 0 Å². The van der Waals surface area contributed by atoms with Crippen molar-refractivity contribution >= 4 is 20.2 Å². The van der Waals surface area contributed by atoms with Gasteiger partial charge in [0.1, 0.15) is 0 Å². The Morgan fingerprint density at radius 3 is 2.75 bits per heavy atom. The summed E-state index contributed by atoms with van der Waals surface area (Å²) in [5.41, 5.74) is 0. The zero-order chi connectivity index (χ0) is 6.41. The highest BCUT2D eigenvalue weighted by molar-refractivity contribution is 7.40. The topological polar surface area (TPSA) is 38.7 Å². The molecule has 0 amide bonds. The fraction of sp³-hybridized carbons (Fsp3) is 1.00. The molecule has 3 nitrogen and oxygen atoms in total. The van der Waals surface area contributed by atoms with E-state index in [-0.39, 0.29) is 0 Å². The van der Waals surface area contributed by atoms with Gasteiger partial charge < -0.3 is 13.9 Å². The Labute approximate surface area is 54.6 Å². The van der Waals surface area contributed by atoms with Crippen LogP contribution in [0, 0.1) is 0 Å². The fourth-order valence-electron chi connectivity index (χ4n) is 0.165. The summed E-state index contributed by atoms with van der Waals surface area (Å²) in [5, 5.41) is 0. The van der Waals surface area contributed by atoms with E-state index in [4.69, 9.17) is 16.5 Å². The van der Waals surface area contributed by atoms with Gasteiger partial charge in [-0.2, -0.15) is 0 Å². The summed E-state index contributed by atoms with van der Waals surface area (Å²) in [7, 11) is -0.294. The van der Waals surface area contributed by atoms with Gasteiger partial charge in [0.2, 0.25) is 0 Å². The van der Waals surface area contributed by atoms with E-state index in [1.54, 1.807) is 0 Å². The van der Waals surface area contributed by atoms with Crippen molar-refractivity contribution in [2.24, 2.45) is 0 Å². The molecule has 1 atom stereocenters. The summed E-state index contributed by atoms with van der Waals surface area (Å²) in [4.78, 5) is 8.55. The molecule has 0 aromatic rings. The maximum Gasteiger partial charge on any atom is 0.329 e. The van der Waals surface area contributed by atoms with Crippen LogP contribution in [0.5, 0.6) is 0 Å². The molecule has 0 aliphatic rings. The molecule has 0 saturated carbocycles. The van der Waals surface area contributed by atoms with Crippen molar-refractivity contribution < 1.29 is 13.9 Å². The lowest BCUT2D eigenvalue weighted by molar-refractivity contribution is 0.241. The highest BCUT2D eigenvalue weighted by Gasteiger charge is 1.99. The lowest BCUT2D eigenvalue weighted by Crippen LogP contribution is -1.90. The molecule has 0 bridgehead atoms. The number of halogens is 1. The molecule has 0 rings (SSSR count). The smallest absolute Gasteiger partial charge is 0.328 e. The summed E-state index contributed by atoms with van der Waals surface area (Å²) >= 11 is 5.22. The molecule has 0 saturated heterocycles. The van der Waals surface area contributed by atoms with Crippen LogP contribution < -0.4 is 0 Å². The van der Waals surface area contributed by atoms with Crippen LogP contribution in [-0.4, -0.2) is 24.5 Å². The van der Waals surface area contributed by atoms with Crippen molar-refractivity contribution in [1.82, 2.24) is 0 Å². The Bertz CT molecular complexity index is 53.8. The van der Waals surface area contributed by atoms with Crippen LogP contribution in [0.15, 0.2) is 0 Å². The van der Waals surface area contributed by atoms with Crippen molar-refractivity contribution in [3.8, 4) is 0 Å². The van der Waals surface area contributed by atoms with Gasteiger partial charge in [-0.3, -0.25) is 0 Å². The van der Waals surface area contributed by atoms with Crippen LogP contribution in [-0.2, 0) is 9.05 Å². The molecule has 0 aliphatic heterocycles. The van der Waals surface area contributed by atoms with E-state index in [2.05, 4.69) is 9.05 Å². The molecule has 0 heterocycles. The molecule has 0 spiro atoms. The molecule has 0 fully saturated rings. The molecule has 0 aromatic heterocycles. The van der Waals surface area contributed by atoms with E-state index >= 15 is 0 Å². The number of hydrogen-bond donors (Lipinski definition) is 1. The Morgan fingerprint density at radius 1 is 1.75 bits per heavy atom. The van der Waals surface area contributed by atoms with Gasteiger partial charge in [0.15, 0.2) is 0 Å². The second-order valence-electron chi connectivity index (χ2n) is 0.943. The minimum atomic E-state index is -1.67. The fourth-order valence-corrected chi connectivity index (χ4v) is 0.703. The van der Waals surface area contributed by atoms with Gasteiger partial charge in [0, 0.05) is 13.0 Å². The molecule has 5 heteroatoms. The molecule has 0 aliphatic carbocycles. The van der Waals surface area contributed by atoms with Crippen molar-refractivity contribution in [2.75, 3.05) is 19.6 Å². The first-order valence-corrected chi connectivity index (χ1v) is 3.69. The molecule has 8 heavy (non-hydrogen) atoms. The first-order valence-electron chi connectivity index (χ1n) is 2.03. The van der Waals surface area contributed by atoms with E-state index in [9.17, 15) is 0 Å². The van der Waals surface area contributed by atoms with Crippen LogP contribution >= 0.6 is 20.2 Å². The lowest BCUT2D eigenvalue weighted by atomic mass is 10.9. The second-order valence-corrected chi connectivity index (χ2v) is 2.42. The van der Waals surface area contributed by atoms with Gasteiger partial charge in [0.05, 0.1) is 6.61 Å². The van der Waals surface area contributed by atoms with Crippen molar-refractivity contribution in [1.29, 1.82) is 0 Å².